The van der Waals surface area contributed by atoms with Gasteiger partial charge in [-0.25, -0.2) is 13.2 Å². The second-order valence-corrected chi connectivity index (χ2v) is 8.73. The average Bonchev–Trinajstić information content (AvgIpc) is 3.04. The highest BCUT2D eigenvalue weighted by atomic mass is 32.2. The number of nitrogens with one attached hydrogen (secondary N) is 1. The number of hydrogen-bond donors (Lipinski definition) is 2. The molecule has 0 saturated carbocycles. The van der Waals surface area contributed by atoms with Crippen molar-refractivity contribution in [2.75, 3.05) is 5.75 Å². The Balaban J connectivity index is 1.99. The summed E-state index contributed by atoms with van der Waals surface area (Å²) in [5.41, 5.74) is 2.25. The lowest BCUT2D eigenvalue weighted by atomic mass is 9.99. The molecule has 7 heteroatoms. The van der Waals surface area contributed by atoms with Gasteiger partial charge in [-0.05, 0) is 48.4 Å². The van der Waals surface area contributed by atoms with Crippen LogP contribution in [-0.4, -0.2) is 37.2 Å². The van der Waals surface area contributed by atoms with Gasteiger partial charge in [0.05, 0.1) is 10.6 Å². The van der Waals surface area contributed by atoms with Gasteiger partial charge in [0.2, 0.25) is 5.91 Å². The minimum Gasteiger partial charge on any atom is -0.480 e. The first-order valence-corrected chi connectivity index (χ1v) is 10.3. The number of carboxylic acids is 1. The van der Waals surface area contributed by atoms with Gasteiger partial charge in [0, 0.05) is 6.42 Å². The maximum atomic E-state index is 12.4. The number of carbonyl (C=O) groups excluding carboxylic acids is 1. The molecule has 0 aliphatic heterocycles. The fraction of sp³-hybridized carbons (Fsp3) is 0.556. The van der Waals surface area contributed by atoms with Gasteiger partial charge >= 0.3 is 5.97 Å². The number of rotatable bonds is 8. The molecule has 0 unspecified atom stereocenters. The maximum Gasteiger partial charge on any atom is 0.326 e. The summed E-state index contributed by atoms with van der Waals surface area (Å²) in [6.07, 6.45) is 3.25. The molecular weight excluding hydrogens is 342 g/mol. The quantitative estimate of drug-likeness (QED) is 0.731. The molecule has 25 heavy (non-hydrogen) atoms. The number of carboxylic acid groups (broad SMARTS) is 1. The Hall–Kier alpha value is -1.89. The number of benzene rings is 1. The summed E-state index contributed by atoms with van der Waals surface area (Å²) in [5, 5.41) is 11.6. The lowest BCUT2D eigenvalue weighted by Gasteiger charge is -2.20. The van der Waals surface area contributed by atoms with E-state index in [1.165, 1.54) is 5.56 Å². The minimum atomic E-state index is -3.57. The predicted molar refractivity (Wildman–Crippen MR) is 94.2 cm³/mol. The van der Waals surface area contributed by atoms with Crippen molar-refractivity contribution < 1.29 is 23.1 Å². The first-order valence-electron chi connectivity index (χ1n) is 8.61. The zero-order valence-corrected chi connectivity index (χ0v) is 15.4. The molecule has 2 atom stereocenters. The van der Waals surface area contributed by atoms with Gasteiger partial charge < -0.3 is 10.4 Å². The summed E-state index contributed by atoms with van der Waals surface area (Å²) in [4.78, 5) is 23.5. The highest BCUT2D eigenvalue weighted by Gasteiger charge is 2.26. The molecule has 0 aromatic heterocycles. The van der Waals surface area contributed by atoms with Gasteiger partial charge in [-0.3, -0.25) is 4.79 Å². The number of fused-ring (bicyclic) bond motifs is 1. The minimum absolute atomic E-state index is 0.227. The van der Waals surface area contributed by atoms with Crippen LogP contribution in [0, 0.1) is 5.92 Å². The zero-order valence-electron chi connectivity index (χ0n) is 14.6. The standard InChI is InChI=1S/C18H25NO5S/c1-3-12(2)17(18(21)22)19-16(20)9-10-25(23,24)15-8-7-13-5-4-6-14(13)11-15/h7-8,11-12,17H,3-6,9-10H2,1-2H3,(H,19,20)(H,21,22)/t12-,17-/m0/s1. The van der Waals surface area contributed by atoms with Crippen LogP contribution in [0.2, 0.25) is 0 Å². The Bertz CT molecular complexity index is 757. The SMILES string of the molecule is CC[C@H](C)[C@H](NC(=O)CCS(=O)(=O)c1ccc2c(c1)CCC2)C(=O)O. The highest BCUT2D eigenvalue weighted by Crippen LogP contribution is 2.25. The molecule has 0 fully saturated rings. The summed E-state index contributed by atoms with van der Waals surface area (Å²) in [7, 11) is -3.57. The summed E-state index contributed by atoms with van der Waals surface area (Å²) in [5.74, 6) is -2.22. The summed E-state index contributed by atoms with van der Waals surface area (Å²) in [6, 6.07) is 4.14. The average molecular weight is 367 g/mol. The monoisotopic (exact) mass is 367 g/mol. The fourth-order valence-corrected chi connectivity index (χ4v) is 4.30. The molecular formula is C18H25NO5S. The Kier molecular flexibility index (Phi) is 6.21. The van der Waals surface area contributed by atoms with Gasteiger partial charge in [0.25, 0.3) is 0 Å². The maximum absolute atomic E-state index is 12.4. The number of aliphatic carboxylic acids is 1. The van der Waals surface area contributed by atoms with E-state index in [2.05, 4.69) is 5.32 Å². The predicted octanol–water partition coefficient (Wildman–Crippen LogP) is 1.95. The first kappa shape index (κ1) is 19.4. The third kappa shape index (κ3) is 4.81. The van der Waals surface area contributed by atoms with Gasteiger partial charge in [-0.15, -0.1) is 0 Å². The van der Waals surface area contributed by atoms with E-state index in [9.17, 15) is 23.1 Å². The van der Waals surface area contributed by atoms with Crippen molar-refractivity contribution in [2.24, 2.45) is 5.92 Å². The van der Waals surface area contributed by atoms with Crippen LogP contribution < -0.4 is 5.32 Å². The van der Waals surface area contributed by atoms with Crippen LogP contribution in [0.5, 0.6) is 0 Å². The van der Waals surface area contributed by atoms with Crippen LogP contribution in [0.1, 0.15) is 44.2 Å². The zero-order chi connectivity index (χ0) is 18.6. The van der Waals surface area contributed by atoms with Crippen LogP contribution in [0.15, 0.2) is 23.1 Å². The summed E-state index contributed by atoms with van der Waals surface area (Å²) in [6.45, 7) is 3.57. The molecule has 2 rings (SSSR count). The van der Waals surface area contributed by atoms with Crippen molar-refractivity contribution in [3.63, 3.8) is 0 Å². The van der Waals surface area contributed by atoms with Gasteiger partial charge in [-0.1, -0.05) is 26.3 Å². The first-order chi connectivity index (χ1) is 11.7. The molecule has 6 nitrogen and oxygen atoms in total. The molecule has 1 amide bonds. The molecule has 2 N–H and O–H groups in total. The van der Waals surface area contributed by atoms with Crippen LogP contribution in [0.4, 0.5) is 0 Å². The molecule has 0 heterocycles. The van der Waals surface area contributed by atoms with E-state index in [1.807, 2.05) is 13.0 Å². The number of hydrogen-bond acceptors (Lipinski definition) is 4. The Morgan fingerprint density at radius 1 is 1.24 bits per heavy atom. The number of aryl methyl sites for hydroxylation is 2. The van der Waals surface area contributed by atoms with Gasteiger partial charge in [0.15, 0.2) is 9.84 Å². The highest BCUT2D eigenvalue weighted by molar-refractivity contribution is 7.91. The van der Waals surface area contributed by atoms with E-state index >= 15 is 0 Å². The number of sulfone groups is 1. The Morgan fingerprint density at radius 2 is 1.92 bits per heavy atom. The third-order valence-corrected chi connectivity index (χ3v) is 6.54. The molecule has 0 bridgehead atoms. The lowest BCUT2D eigenvalue weighted by Crippen LogP contribution is -2.45. The van der Waals surface area contributed by atoms with Crippen molar-refractivity contribution in [3.05, 3.63) is 29.3 Å². The van der Waals surface area contributed by atoms with Crippen molar-refractivity contribution in [2.45, 2.75) is 56.9 Å². The van der Waals surface area contributed by atoms with E-state index in [4.69, 9.17) is 0 Å². The van der Waals surface area contributed by atoms with E-state index in [0.29, 0.717) is 6.42 Å². The van der Waals surface area contributed by atoms with Crippen LogP contribution in [0.25, 0.3) is 0 Å². The smallest absolute Gasteiger partial charge is 0.326 e. The molecule has 138 valence electrons. The van der Waals surface area contributed by atoms with Gasteiger partial charge in [-0.2, -0.15) is 0 Å². The summed E-state index contributed by atoms with van der Waals surface area (Å²) < 4.78 is 24.9. The molecule has 0 saturated heterocycles. The van der Waals surface area contributed by atoms with Crippen LogP contribution in [0.3, 0.4) is 0 Å². The van der Waals surface area contributed by atoms with E-state index < -0.39 is 27.8 Å². The van der Waals surface area contributed by atoms with Crippen molar-refractivity contribution in [3.8, 4) is 0 Å². The van der Waals surface area contributed by atoms with Crippen molar-refractivity contribution in [1.82, 2.24) is 5.32 Å². The molecule has 1 aliphatic rings. The summed E-state index contributed by atoms with van der Waals surface area (Å²) >= 11 is 0. The largest absolute Gasteiger partial charge is 0.480 e. The lowest BCUT2D eigenvalue weighted by molar-refractivity contribution is -0.143. The number of carbonyl (C=O) groups is 2. The molecule has 0 spiro atoms. The van der Waals surface area contributed by atoms with E-state index in [0.717, 1.165) is 24.8 Å². The van der Waals surface area contributed by atoms with Crippen molar-refractivity contribution >= 4 is 21.7 Å². The molecule has 1 aromatic rings. The second kappa shape index (κ2) is 7.99. The normalized spacial score (nSPS) is 16.1. The Morgan fingerprint density at radius 3 is 2.56 bits per heavy atom. The number of amides is 1. The molecule has 0 radical (unpaired) electrons. The topological polar surface area (TPSA) is 101 Å². The second-order valence-electron chi connectivity index (χ2n) is 6.62. The molecule has 1 aliphatic carbocycles. The van der Waals surface area contributed by atoms with E-state index in [-0.39, 0.29) is 23.0 Å². The Labute approximate surface area is 148 Å². The van der Waals surface area contributed by atoms with Crippen LogP contribution in [-0.2, 0) is 32.3 Å². The van der Waals surface area contributed by atoms with Crippen LogP contribution >= 0.6 is 0 Å². The van der Waals surface area contributed by atoms with E-state index in [1.54, 1.807) is 19.1 Å². The van der Waals surface area contributed by atoms with Crippen molar-refractivity contribution in [1.29, 1.82) is 0 Å². The molecule has 1 aromatic carbocycles. The third-order valence-electron chi connectivity index (χ3n) is 4.82. The fourth-order valence-electron chi connectivity index (χ4n) is 3.02. The van der Waals surface area contributed by atoms with Gasteiger partial charge in [0.1, 0.15) is 6.04 Å².